The molecule has 0 radical (unpaired) electrons. The number of ketones is 1. The third kappa shape index (κ3) is 4.60. The number of benzene rings is 1. The molecular formula is C24H31ClN6O. The van der Waals surface area contributed by atoms with Gasteiger partial charge in [-0.1, -0.05) is 36.2 Å². The molecule has 3 aliphatic rings. The zero-order valence-electron chi connectivity index (χ0n) is 18.5. The Hall–Kier alpha value is -2.22. The lowest BCUT2D eigenvalue weighted by Crippen LogP contribution is -2.51. The molecular weight excluding hydrogens is 424 g/mol. The first kappa shape index (κ1) is 21.6. The molecule has 32 heavy (non-hydrogen) atoms. The first-order valence-electron chi connectivity index (χ1n) is 11.7. The first-order valence-corrected chi connectivity index (χ1v) is 12.1. The van der Waals surface area contributed by atoms with Crippen molar-refractivity contribution in [3.8, 4) is 0 Å². The number of carbonyl (C=O) groups excluding carboxylic acids is 1. The van der Waals surface area contributed by atoms with Crippen LogP contribution >= 0.6 is 11.6 Å². The van der Waals surface area contributed by atoms with Gasteiger partial charge in [-0.2, -0.15) is 0 Å². The molecule has 7 nitrogen and oxygen atoms in total. The Balaban J connectivity index is 1.33. The number of hydrogen-bond acceptors (Lipinski definition) is 7. The SMILES string of the molecule is O=C1CNc2ncnc(N3CCN(C(CN4CCCCC4)c4ccccc4Cl)CC3)c2C1. The van der Waals surface area contributed by atoms with E-state index in [2.05, 4.69) is 42.1 Å². The van der Waals surface area contributed by atoms with Gasteiger partial charge in [0.05, 0.1) is 6.54 Å². The lowest BCUT2D eigenvalue weighted by molar-refractivity contribution is -0.117. The highest BCUT2D eigenvalue weighted by Crippen LogP contribution is 2.32. The number of carbonyl (C=O) groups is 1. The number of halogens is 1. The van der Waals surface area contributed by atoms with Gasteiger partial charge in [-0.05, 0) is 37.6 Å². The van der Waals surface area contributed by atoms with Crippen molar-refractivity contribution in [2.24, 2.45) is 0 Å². The summed E-state index contributed by atoms with van der Waals surface area (Å²) in [6, 6.07) is 8.58. The van der Waals surface area contributed by atoms with Crippen molar-refractivity contribution >= 4 is 29.0 Å². The van der Waals surface area contributed by atoms with Crippen molar-refractivity contribution in [2.75, 3.05) is 62.6 Å². The van der Waals surface area contributed by atoms with E-state index >= 15 is 0 Å². The molecule has 2 aromatic rings. The molecule has 0 aliphatic carbocycles. The molecule has 8 heteroatoms. The fourth-order valence-electron chi connectivity index (χ4n) is 5.22. The second kappa shape index (κ2) is 9.73. The fourth-order valence-corrected chi connectivity index (χ4v) is 5.48. The number of hydrogen-bond donors (Lipinski definition) is 1. The van der Waals surface area contributed by atoms with Gasteiger partial charge < -0.3 is 15.1 Å². The van der Waals surface area contributed by atoms with Crippen LogP contribution in [-0.4, -0.2) is 77.9 Å². The van der Waals surface area contributed by atoms with Gasteiger partial charge in [0.15, 0.2) is 5.78 Å². The van der Waals surface area contributed by atoms with E-state index in [9.17, 15) is 4.79 Å². The lowest BCUT2D eigenvalue weighted by Gasteiger charge is -2.42. The second-order valence-electron chi connectivity index (χ2n) is 9.02. The van der Waals surface area contributed by atoms with E-state index in [1.807, 2.05) is 12.1 Å². The average Bonchev–Trinajstić information content (AvgIpc) is 2.83. The van der Waals surface area contributed by atoms with Gasteiger partial charge in [-0.15, -0.1) is 0 Å². The van der Waals surface area contributed by atoms with Crippen LogP contribution in [0, 0.1) is 0 Å². The molecule has 170 valence electrons. The summed E-state index contributed by atoms with van der Waals surface area (Å²) in [6.07, 6.45) is 5.93. The molecule has 1 unspecified atom stereocenters. The molecule has 0 amide bonds. The predicted molar refractivity (Wildman–Crippen MR) is 128 cm³/mol. The predicted octanol–water partition coefficient (Wildman–Crippen LogP) is 3.02. The van der Waals surface area contributed by atoms with E-state index in [0.717, 1.165) is 54.9 Å². The minimum Gasteiger partial charge on any atom is -0.363 e. The van der Waals surface area contributed by atoms with Crippen molar-refractivity contribution in [3.05, 3.63) is 46.7 Å². The maximum absolute atomic E-state index is 12.0. The van der Waals surface area contributed by atoms with Gasteiger partial charge in [-0.3, -0.25) is 9.69 Å². The number of aromatic nitrogens is 2. The Bertz CT molecular complexity index is 955. The molecule has 1 atom stereocenters. The highest BCUT2D eigenvalue weighted by molar-refractivity contribution is 6.31. The van der Waals surface area contributed by atoms with Crippen LogP contribution < -0.4 is 10.2 Å². The number of likely N-dealkylation sites (tertiary alicyclic amines) is 1. The van der Waals surface area contributed by atoms with Gasteiger partial charge in [0.2, 0.25) is 0 Å². The first-order chi connectivity index (χ1) is 15.7. The van der Waals surface area contributed by atoms with Gasteiger partial charge >= 0.3 is 0 Å². The summed E-state index contributed by atoms with van der Waals surface area (Å²) in [6.45, 7) is 7.34. The maximum atomic E-state index is 12.0. The molecule has 0 bridgehead atoms. The smallest absolute Gasteiger partial charge is 0.156 e. The van der Waals surface area contributed by atoms with E-state index < -0.39 is 0 Å². The van der Waals surface area contributed by atoms with E-state index in [-0.39, 0.29) is 11.8 Å². The third-order valence-electron chi connectivity index (χ3n) is 6.95. The Morgan fingerprint density at radius 2 is 1.78 bits per heavy atom. The van der Waals surface area contributed by atoms with Crippen molar-refractivity contribution in [1.82, 2.24) is 19.8 Å². The monoisotopic (exact) mass is 454 g/mol. The molecule has 0 saturated carbocycles. The number of nitrogens with one attached hydrogen (secondary N) is 1. The number of nitrogens with zero attached hydrogens (tertiary/aromatic N) is 5. The molecule has 1 aromatic carbocycles. The standard InChI is InChI=1S/C24H31ClN6O/c25-21-7-3-2-6-19(21)22(16-29-8-4-1-5-9-29)30-10-12-31(13-11-30)24-20-14-18(32)15-26-23(20)27-17-28-24/h2-3,6-7,17,22H,1,4-5,8-16H2,(H,26,27,28). The number of rotatable bonds is 5. The Morgan fingerprint density at radius 1 is 1.00 bits per heavy atom. The Labute approximate surface area is 194 Å². The van der Waals surface area contributed by atoms with Crippen LogP contribution in [0.15, 0.2) is 30.6 Å². The summed E-state index contributed by atoms with van der Waals surface area (Å²) in [5.74, 6) is 1.89. The maximum Gasteiger partial charge on any atom is 0.156 e. The van der Waals surface area contributed by atoms with Crippen LogP contribution in [-0.2, 0) is 11.2 Å². The molecule has 0 spiro atoms. The molecule has 1 N–H and O–H groups in total. The van der Waals surface area contributed by atoms with Crippen LogP contribution in [0.5, 0.6) is 0 Å². The Morgan fingerprint density at radius 3 is 2.56 bits per heavy atom. The zero-order chi connectivity index (χ0) is 21.9. The lowest BCUT2D eigenvalue weighted by atomic mass is 10.0. The molecule has 1 aromatic heterocycles. The van der Waals surface area contributed by atoms with Crippen molar-refractivity contribution in [1.29, 1.82) is 0 Å². The van der Waals surface area contributed by atoms with Crippen molar-refractivity contribution in [3.63, 3.8) is 0 Å². The summed E-state index contributed by atoms with van der Waals surface area (Å²) < 4.78 is 0. The topological polar surface area (TPSA) is 64.6 Å². The average molecular weight is 455 g/mol. The van der Waals surface area contributed by atoms with Crippen LogP contribution in [0.4, 0.5) is 11.6 Å². The van der Waals surface area contributed by atoms with Crippen molar-refractivity contribution < 1.29 is 4.79 Å². The van der Waals surface area contributed by atoms with Crippen LogP contribution in [0.2, 0.25) is 5.02 Å². The number of piperazine rings is 1. The number of Topliss-reactive ketones (excluding diaryl/α,β-unsaturated/α-hetero) is 1. The quantitative estimate of drug-likeness (QED) is 0.744. The van der Waals surface area contributed by atoms with E-state index in [1.54, 1.807) is 6.33 Å². The van der Waals surface area contributed by atoms with Gasteiger partial charge in [-0.25, -0.2) is 9.97 Å². The van der Waals surface area contributed by atoms with Crippen LogP contribution in [0.25, 0.3) is 0 Å². The van der Waals surface area contributed by atoms with Crippen LogP contribution in [0.3, 0.4) is 0 Å². The molecule has 2 saturated heterocycles. The van der Waals surface area contributed by atoms with E-state index in [1.165, 1.54) is 37.9 Å². The summed E-state index contributed by atoms with van der Waals surface area (Å²) in [5.41, 5.74) is 2.16. The summed E-state index contributed by atoms with van der Waals surface area (Å²) in [5, 5.41) is 3.99. The van der Waals surface area contributed by atoms with E-state index in [4.69, 9.17) is 11.6 Å². The number of piperidine rings is 1. The second-order valence-corrected chi connectivity index (χ2v) is 9.42. The van der Waals surface area contributed by atoms with Crippen LogP contribution in [0.1, 0.15) is 36.4 Å². The fraction of sp³-hybridized carbons (Fsp3) is 0.542. The molecule has 5 rings (SSSR count). The zero-order valence-corrected chi connectivity index (χ0v) is 19.2. The van der Waals surface area contributed by atoms with Gasteiger partial charge in [0, 0.05) is 55.8 Å². The summed E-state index contributed by atoms with van der Waals surface area (Å²) in [4.78, 5) is 28.4. The normalized spacial score (nSPS) is 21.2. The molecule has 4 heterocycles. The van der Waals surface area contributed by atoms with Gasteiger partial charge in [0.1, 0.15) is 18.0 Å². The largest absolute Gasteiger partial charge is 0.363 e. The Kier molecular flexibility index (Phi) is 6.57. The van der Waals surface area contributed by atoms with E-state index in [0.29, 0.717) is 13.0 Å². The third-order valence-corrected chi connectivity index (χ3v) is 7.29. The summed E-state index contributed by atoms with van der Waals surface area (Å²) >= 11 is 6.66. The number of fused-ring (bicyclic) bond motifs is 1. The van der Waals surface area contributed by atoms with Crippen molar-refractivity contribution in [2.45, 2.75) is 31.7 Å². The number of anilines is 2. The highest BCUT2D eigenvalue weighted by atomic mass is 35.5. The highest BCUT2D eigenvalue weighted by Gasteiger charge is 2.31. The van der Waals surface area contributed by atoms with Gasteiger partial charge in [0.25, 0.3) is 0 Å². The molecule has 2 fully saturated rings. The molecule has 3 aliphatic heterocycles. The minimum absolute atomic E-state index is 0.188. The summed E-state index contributed by atoms with van der Waals surface area (Å²) in [7, 11) is 0. The minimum atomic E-state index is 0.188.